The van der Waals surface area contributed by atoms with Crippen molar-refractivity contribution in [2.24, 2.45) is 0 Å². The van der Waals surface area contributed by atoms with Crippen LogP contribution >= 0.6 is 11.3 Å². The molecule has 0 atom stereocenters. The van der Waals surface area contributed by atoms with E-state index in [-0.39, 0.29) is 5.91 Å². The standard InChI is InChI=1S/C13H13N5OS/c19-12(11-5-10(16-17-11)8-1-2-8)14-6-9-7-18-3-4-20-13(18)15-9/h3-5,7-8H,1-2,6H2,(H,14,19)(H,16,17). The van der Waals surface area contributed by atoms with Crippen LogP contribution in [0.2, 0.25) is 0 Å². The monoisotopic (exact) mass is 287 g/mol. The highest BCUT2D eigenvalue weighted by Crippen LogP contribution is 2.38. The summed E-state index contributed by atoms with van der Waals surface area (Å²) in [5.74, 6) is 0.411. The fraction of sp³-hybridized carbons (Fsp3) is 0.308. The predicted octanol–water partition coefficient (Wildman–Crippen LogP) is 1.93. The highest BCUT2D eigenvalue weighted by atomic mass is 32.1. The second-order valence-electron chi connectivity index (χ2n) is 4.99. The Morgan fingerprint density at radius 2 is 2.45 bits per heavy atom. The van der Waals surface area contributed by atoms with Gasteiger partial charge >= 0.3 is 0 Å². The van der Waals surface area contributed by atoms with E-state index in [0.717, 1.165) is 16.3 Å². The van der Waals surface area contributed by atoms with Gasteiger partial charge in [0.1, 0.15) is 5.69 Å². The number of imidazole rings is 1. The summed E-state index contributed by atoms with van der Waals surface area (Å²) in [5.41, 5.74) is 2.37. The lowest BCUT2D eigenvalue weighted by Crippen LogP contribution is -2.23. The zero-order valence-corrected chi connectivity index (χ0v) is 11.5. The Morgan fingerprint density at radius 1 is 1.55 bits per heavy atom. The molecule has 0 radical (unpaired) electrons. The van der Waals surface area contributed by atoms with Crippen LogP contribution in [0.15, 0.2) is 23.8 Å². The van der Waals surface area contributed by atoms with Crippen LogP contribution in [-0.2, 0) is 6.54 Å². The molecule has 102 valence electrons. The first-order chi connectivity index (χ1) is 9.79. The lowest BCUT2D eigenvalue weighted by molar-refractivity contribution is 0.0945. The molecule has 2 N–H and O–H groups in total. The van der Waals surface area contributed by atoms with Crippen LogP contribution in [0.25, 0.3) is 4.96 Å². The molecule has 0 bridgehead atoms. The van der Waals surface area contributed by atoms with E-state index in [4.69, 9.17) is 0 Å². The average molecular weight is 287 g/mol. The third kappa shape index (κ3) is 2.09. The van der Waals surface area contributed by atoms with Gasteiger partial charge in [0.05, 0.1) is 12.2 Å². The number of fused-ring (bicyclic) bond motifs is 1. The molecule has 0 spiro atoms. The second-order valence-corrected chi connectivity index (χ2v) is 5.86. The van der Waals surface area contributed by atoms with Crippen molar-refractivity contribution in [3.8, 4) is 0 Å². The maximum Gasteiger partial charge on any atom is 0.272 e. The van der Waals surface area contributed by atoms with Gasteiger partial charge in [-0.2, -0.15) is 5.10 Å². The van der Waals surface area contributed by atoms with Crippen molar-refractivity contribution in [2.75, 3.05) is 0 Å². The van der Waals surface area contributed by atoms with Gasteiger partial charge in [-0.15, -0.1) is 11.3 Å². The maximum atomic E-state index is 12.0. The van der Waals surface area contributed by atoms with E-state index in [0.29, 0.717) is 18.2 Å². The molecule has 1 aliphatic rings. The smallest absolute Gasteiger partial charge is 0.272 e. The molecular weight excluding hydrogens is 274 g/mol. The molecular formula is C13H13N5OS. The summed E-state index contributed by atoms with van der Waals surface area (Å²) in [5, 5.41) is 11.8. The summed E-state index contributed by atoms with van der Waals surface area (Å²) in [4.78, 5) is 17.4. The van der Waals surface area contributed by atoms with E-state index < -0.39 is 0 Å². The molecule has 0 unspecified atom stereocenters. The van der Waals surface area contributed by atoms with E-state index >= 15 is 0 Å². The number of amides is 1. The summed E-state index contributed by atoms with van der Waals surface area (Å²) < 4.78 is 1.95. The second kappa shape index (κ2) is 4.45. The van der Waals surface area contributed by atoms with Gasteiger partial charge in [-0.3, -0.25) is 14.3 Å². The van der Waals surface area contributed by atoms with Gasteiger partial charge in [-0.1, -0.05) is 0 Å². The molecule has 1 saturated carbocycles. The van der Waals surface area contributed by atoms with E-state index in [9.17, 15) is 4.79 Å². The molecule has 7 heteroatoms. The van der Waals surface area contributed by atoms with Crippen molar-refractivity contribution in [3.63, 3.8) is 0 Å². The van der Waals surface area contributed by atoms with Crippen molar-refractivity contribution in [3.05, 3.63) is 40.9 Å². The van der Waals surface area contributed by atoms with Crippen molar-refractivity contribution in [2.45, 2.75) is 25.3 Å². The largest absolute Gasteiger partial charge is 0.345 e. The summed E-state index contributed by atoms with van der Waals surface area (Å²) in [6.45, 7) is 0.416. The SMILES string of the molecule is O=C(NCc1cn2ccsc2n1)c1cc(C2CC2)[nH]n1. The number of hydrogen-bond donors (Lipinski definition) is 2. The van der Waals surface area contributed by atoms with Gasteiger partial charge in [0.25, 0.3) is 5.91 Å². The molecule has 3 heterocycles. The summed E-state index contributed by atoms with van der Waals surface area (Å²) in [7, 11) is 0. The number of rotatable bonds is 4. The molecule has 3 aromatic heterocycles. The number of carbonyl (C=O) groups is 1. The van der Waals surface area contributed by atoms with Crippen molar-refractivity contribution >= 4 is 22.2 Å². The number of nitrogens with one attached hydrogen (secondary N) is 2. The van der Waals surface area contributed by atoms with Gasteiger partial charge < -0.3 is 5.32 Å². The molecule has 0 aromatic carbocycles. The van der Waals surface area contributed by atoms with Gasteiger partial charge in [0.15, 0.2) is 4.96 Å². The molecule has 1 fully saturated rings. The Kier molecular flexibility index (Phi) is 2.59. The topological polar surface area (TPSA) is 75.1 Å². The lowest BCUT2D eigenvalue weighted by atomic mass is 10.2. The number of aromatic nitrogens is 4. The predicted molar refractivity (Wildman–Crippen MR) is 74.8 cm³/mol. The molecule has 1 amide bonds. The zero-order valence-electron chi connectivity index (χ0n) is 10.7. The molecule has 20 heavy (non-hydrogen) atoms. The summed E-state index contributed by atoms with van der Waals surface area (Å²) >= 11 is 1.57. The molecule has 1 aliphatic carbocycles. The van der Waals surface area contributed by atoms with Gasteiger partial charge in [-0.05, 0) is 18.9 Å². The first-order valence-electron chi connectivity index (χ1n) is 6.54. The maximum absolute atomic E-state index is 12.0. The average Bonchev–Trinajstić information content (AvgIpc) is 2.89. The minimum absolute atomic E-state index is 0.162. The van der Waals surface area contributed by atoms with Crippen molar-refractivity contribution < 1.29 is 4.79 Å². The number of nitrogens with zero attached hydrogens (tertiary/aromatic N) is 3. The highest BCUT2D eigenvalue weighted by Gasteiger charge is 2.26. The van der Waals surface area contributed by atoms with Gasteiger partial charge in [0, 0.05) is 29.4 Å². The van der Waals surface area contributed by atoms with Crippen LogP contribution in [-0.4, -0.2) is 25.5 Å². The number of hydrogen-bond acceptors (Lipinski definition) is 4. The molecule has 4 rings (SSSR count). The van der Waals surface area contributed by atoms with Crippen LogP contribution in [0, 0.1) is 0 Å². The van der Waals surface area contributed by atoms with E-state index in [1.807, 2.05) is 28.2 Å². The molecule has 0 aliphatic heterocycles. The third-order valence-corrected chi connectivity index (χ3v) is 4.19. The Hall–Kier alpha value is -2.15. The van der Waals surface area contributed by atoms with Crippen LogP contribution in [0.5, 0.6) is 0 Å². The minimum Gasteiger partial charge on any atom is -0.345 e. The zero-order chi connectivity index (χ0) is 13.5. The Bertz CT molecular complexity index is 738. The lowest BCUT2D eigenvalue weighted by Gasteiger charge is -1.99. The number of carbonyl (C=O) groups excluding carboxylic acids is 1. The Morgan fingerprint density at radius 3 is 3.25 bits per heavy atom. The van der Waals surface area contributed by atoms with E-state index in [2.05, 4.69) is 20.5 Å². The normalized spacial score (nSPS) is 14.8. The number of aromatic amines is 1. The first-order valence-corrected chi connectivity index (χ1v) is 7.42. The molecule has 3 aromatic rings. The molecule has 6 nitrogen and oxygen atoms in total. The number of thiazole rings is 1. The van der Waals surface area contributed by atoms with Crippen LogP contribution in [0.3, 0.4) is 0 Å². The quantitative estimate of drug-likeness (QED) is 0.770. The van der Waals surface area contributed by atoms with Crippen molar-refractivity contribution in [1.82, 2.24) is 24.9 Å². The Balaban J connectivity index is 1.42. The number of H-pyrrole nitrogens is 1. The summed E-state index contributed by atoms with van der Waals surface area (Å²) in [6, 6.07) is 1.85. The van der Waals surface area contributed by atoms with Crippen LogP contribution in [0.1, 0.15) is 40.6 Å². The van der Waals surface area contributed by atoms with E-state index in [1.54, 1.807) is 11.3 Å². The minimum atomic E-state index is -0.162. The third-order valence-electron chi connectivity index (χ3n) is 3.42. The van der Waals surface area contributed by atoms with E-state index in [1.165, 1.54) is 12.8 Å². The van der Waals surface area contributed by atoms with Crippen LogP contribution in [0.4, 0.5) is 0 Å². The fourth-order valence-electron chi connectivity index (χ4n) is 2.18. The first kappa shape index (κ1) is 11.7. The van der Waals surface area contributed by atoms with Crippen molar-refractivity contribution in [1.29, 1.82) is 0 Å². The summed E-state index contributed by atoms with van der Waals surface area (Å²) in [6.07, 6.45) is 6.25. The van der Waals surface area contributed by atoms with Gasteiger partial charge in [0.2, 0.25) is 0 Å². The van der Waals surface area contributed by atoms with Crippen LogP contribution < -0.4 is 5.32 Å². The highest BCUT2D eigenvalue weighted by molar-refractivity contribution is 7.15. The molecule has 0 saturated heterocycles. The van der Waals surface area contributed by atoms with Gasteiger partial charge in [-0.25, -0.2) is 4.98 Å². The fourth-order valence-corrected chi connectivity index (χ4v) is 2.90. The Labute approximate surface area is 118 Å².